The zero-order valence-corrected chi connectivity index (χ0v) is 10.4. The molecule has 0 bridgehead atoms. The van der Waals surface area contributed by atoms with Crippen LogP contribution >= 0.6 is 0 Å². The second kappa shape index (κ2) is 5.04. The predicted octanol–water partition coefficient (Wildman–Crippen LogP) is 2.67. The smallest absolute Gasteiger partial charge is 0.417 e. The summed E-state index contributed by atoms with van der Waals surface area (Å²) in [6, 6.07) is 9.13. The van der Waals surface area contributed by atoms with Crippen LogP contribution in [0, 0.1) is 0 Å². The van der Waals surface area contributed by atoms with Gasteiger partial charge in [-0.3, -0.25) is 4.79 Å². The van der Waals surface area contributed by atoms with Crippen LogP contribution in [0.3, 0.4) is 0 Å². The number of rotatable bonds is 2. The standard InChI is InChI=1S/C14H15NO3/c1-3-7-12(16)15-10(2)13(18-14(15)17)11-8-5-4-6-9-11/h3-10,13H,1-2H3/b7-3-/t10-,13-/m1/s1. The van der Waals surface area contributed by atoms with Crippen molar-refractivity contribution in [3.05, 3.63) is 48.0 Å². The Labute approximate surface area is 106 Å². The van der Waals surface area contributed by atoms with Crippen LogP contribution in [0.4, 0.5) is 4.79 Å². The lowest BCUT2D eigenvalue weighted by molar-refractivity contribution is -0.124. The molecule has 1 saturated heterocycles. The quantitative estimate of drug-likeness (QED) is 0.752. The maximum atomic E-state index is 11.8. The van der Waals surface area contributed by atoms with Crippen molar-refractivity contribution in [1.82, 2.24) is 4.90 Å². The Morgan fingerprint density at radius 2 is 2.00 bits per heavy atom. The second-order valence-electron chi connectivity index (χ2n) is 4.16. The van der Waals surface area contributed by atoms with Crippen LogP contribution in [0.1, 0.15) is 25.5 Å². The van der Waals surface area contributed by atoms with Gasteiger partial charge in [0, 0.05) is 0 Å². The van der Waals surface area contributed by atoms with Gasteiger partial charge in [0.15, 0.2) is 0 Å². The van der Waals surface area contributed by atoms with E-state index in [9.17, 15) is 9.59 Å². The van der Waals surface area contributed by atoms with Crippen LogP contribution in [-0.4, -0.2) is 22.9 Å². The van der Waals surface area contributed by atoms with Gasteiger partial charge in [0.25, 0.3) is 5.91 Å². The summed E-state index contributed by atoms with van der Waals surface area (Å²) in [5.41, 5.74) is 0.897. The van der Waals surface area contributed by atoms with E-state index in [0.29, 0.717) is 0 Å². The van der Waals surface area contributed by atoms with Gasteiger partial charge in [-0.15, -0.1) is 0 Å². The first-order valence-corrected chi connectivity index (χ1v) is 5.86. The molecule has 0 saturated carbocycles. The summed E-state index contributed by atoms with van der Waals surface area (Å²) in [7, 11) is 0. The number of hydrogen-bond acceptors (Lipinski definition) is 3. The summed E-state index contributed by atoms with van der Waals surface area (Å²) in [4.78, 5) is 24.7. The lowest BCUT2D eigenvalue weighted by Gasteiger charge is -2.17. The van der Waals surface area contributed by atoms with Crippen molar-refractivity contribution in [2.24, 2.45) is 0 Å². The van der Waals surface area contributed by atoms with E-state index < -0.39 is 12.2 Å². The number of imide groups is 1. The van der Waals surface area contributed by atoms with Crippen LogP contribution in [0.15, 0.2) is 42.5 Å². The van der Waals surface area contributed by atoms with E-state index in [1.165, 1.54) is 6.08 Å². The highest BCUT2D eigenvalue weighted by molar-refractivity contribution is 5.99. The van der Waals surface area contributed by atoms with Crippen LogP contribution in [-0.2, 0) is 9.53 Å². The van der Waals surface area contributed by atoms with Crippen molar-refractivity contribution in [2.45, 2.75) is 26.0 Å². The van der Waals surface area contributed by atoms with E-state index in [0.717, 1.165) is 10.5 Å². The fraction of sp³-hybridized carbons (Fsp3) is 0.286. The monoisotopic (exact) mass is 245 g/mol. The molecule has 0 aliphatic carbocycles. The van der Waals surface area contributed by atoms with Crippen molar-refractivity contribution in [3.63, 3.8) is 0 Å². The summed E-state index contributed by atoms with van der Waals surface area (Å²) < 4.78 is 5.27. The predicted molar refractivity (Wildman–Crippen MR) is 66.8 cm³/mol. The third-order valence-electron chi connectivity index (χ3n) is 2.94. The van der Waals surface area contributed by atoms with Crippen molar-refractivity contribution >= 4 is 12.0 Å². The minimum absolute atomic E-state index is 0.302. The minimum atomic E-state index is -0.584. The molecule has 18 heavy (non-hydrogen) atoms. The number of amides is 2. The van der Waals surface area contributed by atoms with Crippen molar-refractivity contribution in [3.8, 4) is 0 Å². The molecule has 94 valence electrons. The molecule has 1 aliphatic heterocycles. The lowest BCUT2D eigenvalue weighted by atomic mass is 10.0. The van der Waals surface area contributed by atoms with Gasteiger partial charge in [0.05, 0.1) is 6.04 Å². The molecular weight excluding hydrogens is 230 g/mol. The SMILES string of the molecule is C/C=C\C(=O)N1C(=O)O[C@@H](c2ccccc2)[C@H]1C. The Morgan fingerprint density at radius 1 is 1.33 bits per heavy atom. The van der Waals surface area contributed by atoms with E-state index in [2.05, 4.69) is 0 Å². The third kappa shape index (κ3) is 2.14. The highest BCUT2D eigenvalue weighted by Gasteiger charge is 2.42. The summed E-state index contributed by atoms with van der Waals surface area (Å²) >= 11 is 0. The van der Waals surface area contributed by atoms with Gasteiger partial charge in [0.2, 0.25) is 0 Å². The van der Waals surface area contributed by atoms with E-state index >= 15 is 0 Å². The van der Waals surface area contributed by atoms with Gasteiger partial charge in [-0.1, -0.05) is 36.4 Å². The zero-order valence-electron chi connectivity index (χ0n) is 10.4. The molecule has 4 nitrogen and oxygen atoms in total. The Kier molecular flexibility index (Phi) is 3.46. The molecule has 2 atom stereocenters. The molecule has 1 aromatic rings. The third-order valence-corrected chi connectivity index (χ3v) is 2.94. The normalized spacial score (nSPS) is 23.4. The molecule has 0 aromatic heterocycles. The summed E-state index contributed by atoms with van der Waals surface area (Å²) in [6.07, 6.45) is 2.00. The molecule has 0 spiro atoms. The molecule has 1 aromatic carbocycles. The van der Waals surface area contributed by atoms with Crippen LogP contribution in [0.25, 0.3) is 0 Å². The van der Waals surface area contributed by atoms with Crippen molar-refractivity contribution in [1.29, 1.82) is 0 Å². The van der Waals surface area contributed by atoms with Crippen molar-refractivity contribution in [2.75, 3.05) is 0 Å². The Balaban J connectivity index is 2.24. The first kappa shape index (κ1) is 12.4. The lowest BCUT2D eigenvalue weighted by Crippen LogP contribution is -2.36. The molecule has 2 rings (SSSR count). The van der Waals surface area contributed by atoms with Crippen LogP contribution in [0.5, 0.6) is 0 Å². The van der Waals surface area contributed by atoms with Crippen LogP contribution < -0.4 is 0 Å². The number of cyclic esters (lactones) is 1. The highest BCUT2D eigenvalue weighted by atomic mass is 16.6. The highest BCUT2D eigenvalue weighted by Crippen LogP contribution is 2.32. The molecule has 1 aliphatic rings. The van der Waals surface area contributed by atoms with Gasteiger partial charge in [-0.2, -0.15) is 0 Å². The van der Waals surface area contributed by atoms with E-state index in [1.54, 1.807) is 13.0 Å². The summed E-state index contributed by atoms with van der Waals surface area (Å²) in [5, 5.41) is 0. The molecule has 0 radical (unpaired) electrons. The van der Waals surface area contributed by atoms with E-state index in [4.69, 9.17) is 4.74 Å². The average molecular weight is 245 g/mol. The molecule has 0 N–H and O–H groups in total. The largest absolute Gasteiger partial charge is 0.439 e. The first-order valence-electron chi connectivity index (χ1n) is 5.86. The van der Waals surface area contributed by atoms with Gasteiger partial charge >= 0.3 is 6.09 Å². The molecule has 4 heteroatoms. The zero-order chi connectivity index (χ0) is 13.1. The Hall–Kier alpha value is -2.10. The average Bonchev–Trinajstić information content (AvgIpc) is 2.66. The first-order chi connectivity index (χ1) is 8.65. The fourth-order valence-electron chi connectivity index (χ4n) is 2.07. The number of ether oxygens (including phenoxy) is 1. The molecule has 1 heterocycles. The number of benzene rings is 1. The number of carbonyl (C=O) groups excluding carboxylic acids is 2. The number of hydrogen-bond donors (Lipinski definition) is 0. The Bertz CT molecular complexity index is 481. The molecule has 2 amide bonds. The number of carbonyl (C=O) groups is 2. The maximum absolute atomic E-state index is 11.8. The van der Waals surface area contributed by atoms with Crippen LogP contribution in [0.2, 0.25) is 0 Å². The number of nitrogens with zero attached hydrogens (tertiary/aromatic N) is 1. The van der Waals surface area contributed by atoms with Gasteiger partial charge in [0.1, 0.15) is 6.10 Å². The topological polar surface area (TPSA) is 46.6 Å². The number of allylic oxidation sites excluding steroid dienone is 1. The minimum Gasteiger partial charge on any atom is -0.439 e. The van der Waals surface area contributed by atoms with Crippen molar-refractivity contribution < 1.29 is 14.3 Å². The van der Waals surface area contributed by atoms with Gasteiger partial charge in [-0.05, 0) is 25.5 Å². The molecular formula is C14H15NO3. The van der Waals surface area contributed by atoms with Gasteiger partial charge < -0.3 is 4.74 Å². The Morgan fingerprint density at radius 3 is 2.61 bits per heavy atom. The maximum Gasteiger partial charge on any atom is 0.417 e. The van der Waals surface area contributed by atoms with E-state index in [-0.39, 0.29) is 11.9 Å². The summed E-state index contributed by atoms with van der Waals surface area (Å²) in [6.45, 7) is 3.54. The fourth-order valence-corrected chi connectivity index (χ4v) is 2.07. The molecule has 0 unspecified atom stereocenters. The van der Waals surface area contributed by atoms with E-state index in [1.807, 2.05) is 37.3 Å². The molecule has 1 fully saturated rings. The summed E-state index contributed by atoms with van der Waals surface area (Å²) in [5.74, 6) is -0.339. The second-order valence-corrected chi connectivity index (χ2v) is 4.16. The van der Waals surface area contributed by atoms with Gasteiger partial charge in [-0.25, -0.2) is 9.69 Å².